The number of nitrogens with zero attached hydrogens (tertiary/aromatic N) is 2. The highest BCUT2D eigenvalue weighted by atomic mass is 16.2. The van der Waals surface area contributed by atoms with Gasteiger partial charge in [0.1, 0.15) is 5.69 Å². The minimum atomic E-state index is -0.290. The molecule has 2 amide bonds. The summed E-state index contributed by atoms with van der Waals surface area (Å²) < 4.78 is 0. The number of nitrogens with one attached hydrogen (secondary N) is 3. The van der Waals surface area contributed by atoms with Crippen LogP contribution >= 0.6 is 0 Å². The van der Waals surface area contributed by atoms with Gasteiger partial charge in [-0.2, -0.15) is 5.10 Å². The number of hydrogen-bond acceptors (Lipinski definition) is 4. The Labute approximate surface area is 150 Å². The summed E-state index contributed by atoms with van der Waals surface area (Å²) in [6.45, 7) is 0.691. The molecular weight excluding hydrogens is 330 g/mol. The lowest BCUT2D eigenvalue weighted by Gasteiger charge is -2.06. The van der Waals surface area contributed by atoms with Gasteiger partial charge in [-0.3, -0.25) is 19.7 Å². The van der Waals surface area contributed by atoms with Gasteiger partial charge in [-0.15, -0.1) is 0 Å². The molecule has 0 aliphatic rings. The Bertz CT molecular complexity index is 862. The second kappa shape index (κ2) is 8.57. The van der Waals surface area contributed by atoms with Crippen LogP contribution in [0.3, 0.4) is 0 Å². The van der Waals surface area contributed by atoms with Crippen molar-refractivity contribution >= 4 is 11.8 Å². The monoisotopic (exact) mass is 349 g/mol. The third-order valence-electron chi connectivity index (χ3n) is 3.77. The third-order valence-corrected chi connectivity index (χ3v) is 3.77. The van der Waals surface area contributed by atoms with E-state index in [1.807, 2.05) is 42.5 Å². The summed E-state index contributed by atoms with van der Waals surface area (Å²) in [5.74, 6) is -0.418. The van der Waals surface area contributed by atoms with Crippen molar-refractivity contribution in [3.8, 4) is 11.3 Å². The van der Waals surface area contributed by atoms with E-state index in [-0.39, 0.29) is 24.8 Å². The van der Waals surface area contributed by atoms with Crippen molar-refractivity contribution in [3.63, 3.8) is 0 Å². The first kappa shape index (κ1) is 17.3. The van der Waals surface area contributed by atoms with E-state index in [4.69, 9.17) is 0 Å². The normalized spacial score (nSPS) is 10.3. The van der Waals surface area contributed by atoms with Crippen LogP contribution in [-0.4, -0.2) is 33.5 Å². The van der Waals surface area contributed by atoms with Gasteiger partial charge in [0.25, 0.3) is 5.91 Å². The van der Waals surface area contributed by atoms with E-state index in [0.29, 0.717) is 17.9 Å². The van der Waals surface area contributed by atoms with Gasteiger partial charge in [0.05, 0.1) is 5.69 Å². The standard InChI is InChI=1S/C19H19N5O2/c25-18(22-13-14-6-9-20-10-7-14)8-11-21-19(26)17-12-16(23-24-17)15-4-2-1-3-5-15/h1-7,9-10,12H,8,11,13H2,(H,21,26)(H,22,25)(H,23,24). The molecule has 3 rings (SSSR count). The maximum Gasteiger partial charge on any atom is 0.269 e. The third kappa shape index (κ3) is 4.76. The zero-order chi connectivity index (χ0) is 18.2. The van der Waals surface area contributed by atoms with Crippen molar-refractivity contribution in [2.75, 3.05) is 6.54 Å². The summed E-state index contributed by atoms with van der Waals surface area (Å²) in [5, 5.41) is 12.4. The molecule has 0 radical (unpaired) electrons. The number of aromatic amines is 1. The molecule has 0 saturated heterocycles. The first-order chi connectivity index (χ1) is 12.7. The number of benzene rings is 1. The van der Waals surface area contributed by atoms with Crippen molar-refractivity contribution in [3.05, 3.63) is 72.2 Å². The molecule has 0 fully saturated rings. The van der Waals surface area contributed by atoms with Crippen LogP contribution in [0.25, 0.3) is 11.3 Å². The molecule has 0 aliphatic carbocycles. The summed E-state index contributed by atoms with van der Waals surface area (Å²) in [6.07, 6.45) is 3.56. The second-order valence-electron chi connectivity index (χ2n) is 5.67. The van der Waals surface area contributed by atoms with Crippen LogP contribution in [0.15, 0.2) is 60.9 Å². The lowest BCUT2D eigenvalue weighted by Crippen LogP contribution is -2.30. The Morgan fingerprint density at radius 1 is 1.00 bits per heavy atom. The number of carbonyl (C=O) groups excluding carboxylic acids is 2. The Balaban J connectivity index is 1.43. The van der Waals surface area contributed by atoms with Gasteiger partial charge < -0.3 is 10.6 Å². The first-order valence-electron chi connectivity index (χ1n) is 8.27. The molecule has 0 aliphatic heterocycles. The lowest BCUT2D eigenvalue weighted by atomic mass is 10.1. The van der Waals surface area contributed by atoms with Crippen LogP contribution in [0.5, 0.6) is 0 Å². The molecule has 3 N–H and O–H groups in total. The SMILES string of the molecule is O=C(CCNC(=O)c1cc(-c2ccccc2)n[nH]1)NCc1ccncc1. The number of carbonyl (C=O) groups is 2. The van der Waals surface area contributed by atoms with Gasteiger partial charge >= 0.3 is 0 Å². The van der Waals surface area contributed by atoms with Crippen LogP contribution in [0.1, 0.15) is 22.5 Å². The maximum absolute atomic E-state index is 12.1. The van der Waals surface area contributed by atoms with Gasteiger partial charge in [-0.1, -0.05) is 30.3 Å². The molecule has 0 atom stereocenters. The Morgan fingerprint density at radius 3 is 2.54 bits per heavy atom. The summed E-state index contributed by atoms with van der Waals surface area (Å²) in [7, 11) is 0. The van der Waals surface area contributed by atoms with Gasteiger partial charge in [-0.25, -0.2) is 0 Å². The number of amides is 2. The van der Waals surface area contributed by atoms with Crippen molar-refractivity contribution in [2.24, 2.45) is 0 Å². The molecule has 2 heterocycles. The van der Waals surface area contributed by atoms with Crippen LogP contribution in [0.2, 0.25) is 0 Å². The topological polar surface area (TPSA) is 99.8 Å². The fraction of sp³-hybridized carbons (Fsp3) is 0.158. The van der Waals surface area contributed by atoms with Crippen molar-refractivity contribution in [1.29, 1.82) is 0 Å². The molecule has 7 heteroatoms. The molecule has 0 saturated carbocycles. The van der Waals surface area contributed by atoms with Gasteiger partial charge in [-0.05, 0) is 23.8 Å². The Hall–Kier alpha value is -3.48. The Morgan fingerprint density at radius 2 is 1.77 bits per heavy atom. The van der Waals surface area contributed by atoms with Crippen molar-refractivity contribution in [1.82, 2.24) is 25.8 Å². The van der Waals surface area contributed by atoms with Crippen LogP contribution < -0.4 is 10.6 Å². The molecular formula is C19H19N5O2. The molecule has 1 aromatic carbocycles. The van der Waals surface area contributed by atoms with Gasteiger partial charge in [0.15, 0.2) is 0 Å². The molecule has 7 nitrogen and oxygen atoms in total. The van der Waals surface area contributed by atoms with Crippen molar-refractivity contribution in [2.45, 2.75) is 13.0 Å². The minimum Gasteiger partial charge on any atom is -0.352 e. The smallest absolute Gasteiger partial charge is 0.269 e. The summed E-state index contributed by atoms with van der Waals surface area (Å²) in [6, 6.07) is 14.9. The number of pyridine rings is 1. The maximum atomic E-state index is 12.1. The zero-order valence-electron chi connectivity index (χ0n) is 14.1. The highest BCUT2D eigenvalue weighted by Crippen LogP contribution is 2.16. The number of aromatic nitrogens is 3. The first-order valence-corrected chi connectivity index (χ1v) is 8.27. The molecule has 0 spiro atoms. The number of hydrogen-bond donors (Lipinski definition) is 3. The molecule has 26 heavy (non-hydrogen) atoms. The van der Waals surface area contributed by atoms with Crippen LogP contribution in [-0.2, 0) is 11.3 Å². The fourth-order valence-electron chi connectivity index (χ4n) is 2.37. The highest BCUT2D eigenvalue weighted by molar-refractivity contribution is 5.93. The van der Waals surface area contributed by atoms with E-state index in [1.54, 1.807) is 18.5 Å². The highest BCUT2D eigenvalue weighted by Gasteiger charge is 2.11. The quantitative estimate of drug-likeness (QED) is 0.606. The number of H-pyrrole nitrogens is 1. The van der Waals surface area contributed by atoms with E-state index in [9.17, 15) is 9.59 Å². The molecule has 3 aromatic rings. The molecule has 2 aromatic heterocycles. The predicted molar refractivity (Wildman–Crippen MR) is 97.1 cm³/mol. The van der Waals surface area contributed by atoms with E-state index < -0.39 is 0 Å². The predicted octanol–water partition coefficient (Wildman–Crippen LogP) is 1.91. The number of rotatable bonds is 7. The van der Waals surface area contributed by atoms with Crippen LogP contribution in [0, 0.1) is 0 Å². The van der Waals surface area contributed by atoms with E-state index >= 15 is 0 Å². The molecule has 0 bridgehead atoms. The molecule has 132 valence electrons. The lowest BCUT2D eigenvalue weighted by molar-refractivity contribution is -0.121. The molecule has 0 unspecified atom stereocenters. The fourth-order valence-corrected chi connectivity index (χ4v) is 2.37. The van der Waals surface area contributed by atoms with E-state index in [1.165, 1.54) is 0 Å². The van der Waals surface area contributed by atoms with Crippen LogP contribution in [0.4, 0.5) is 0 Å². The summed E-state index contributed by atoms with van der Waals surface area (Å²) in [5.41, 5.74) is 2.97. The van der Waals surface area contributed by atoms with Crippen molar-refractivity contribution < 1.29 is 9.59 Å². The largest absolute Gasteiger partial charge is 0.352 e. The minimum absolute atomic E-state index is 0.128. The Kier molecular flexibility index (Phi) is 5.72. The average molecular weight is 349 g/mol. The van der Waals surface area contributed by atoms with Gasteiger partial charge in [0.2, 0.25) is 5.91 Å². The summed E-state index contributed by atoms with van der Waals surface area (Å²) >= 11 is 0. The zero-order valence-corrected chi connectivity index (χ0v) is 14.1. The average Bonchev–Trinajstić information content (AvgIpc) is 3.18. The van der Waals surface area contributed by atoms with E-state index in [2.05, 4.69) is 25.8 Å². The second-order valence-corrected chi connectivity index (χ2v) is 5.67. The van der Waals surface area contributed by atoms with Gasteiger partial charge in [0, 0.05) is 37.5 Å². The van der Waals surface area contributed by atoms with E-state index in [0.717, 1.165) is 11.1 Å². The summed E-state index contributed by atoms with van der Waals surface area (Å²) in [4.78, 5) is 27.9.